The van der Waals surface area contributed by atoms with Gasteiger partial charge < -0.3 is 40.3 Å². The predicted molar refractivity (Wildman–Crippen MR) is 419 cm³/mol. The number of unbranched alkanes of at least 4 members (excludes halogenated alkanes) is 59. The van der Waals surface area contributed by atoms with Gasteiger partial charge in [-0.3, -0.25) is 4.79 Å². The van der Waals surface area contributed by atoms with Gasteiger partial charge in [0.15, 0.2) is 6.29 Å². The molecule has 0 aromatic rings. The summed E-state index contributed by atoms with van der Waals surface area (Å²) in [6.45, 7) is 3.73. The van der Waals surface area contributed by atoms with E-state index in [0.29, 0.717) is 6.42 Å². The first kappa shape index (κ1) is 92.9. The zero-order valence-electron chi connectivity index (χ0n) is 64.4. The van der Waals surface area contributed by atoms with E-state index in [9.17, 15) is 30.3 Å². The number of amides is 1. The third-order valence-corrected chi connectivity index (χ3v) is 20.6. The molecule has 1 saturated heterocycles. The van der Waals surface area contributed by atoms with Crippen LogP contribution in [0.4, 0.5) is 0 Å². The molecule has 0 aromatic carbocycles. The average molecular weight is 1370 g/mol. The lowest BCUT2D eigenvalue weighted by atomic mass is 9.99. The van der Waals surface area contributed by atoms with Gasteiger partial charge in [-0.05, 0) is 57.8 Å². The molecule has 1 fully saturated rings. The molecule has 97 heavy (non-hydrogen) atoms. The summed E-state index contributed by atoms with van der Waals surface area (Å²) in [5.41, 5.74) is 0. The number of allylic oxidation sites excluding steroid dienone is 9. The minimum Gasteiger partial charge on any atom is -0.394 e. The topological polar surface area (TPSA) is 149 Å². The van der Waals surface area contributed by atoms with Crippen molar-refractivity contribution in [3.63, 3.8) is 0 Å². The van der Waals surface area contributed by atoms with Crippen molar-refractivity contribution in [1.29, 1.82) is 0 Å². The van der Waals surface area contributed by atoms with E-state index in [1.165, 1.54) is 353 Å². The third kappa shape index (κ3) is 64.5. The van der Waals surface area contributed by atoms with E-state index in [0.717, 1.165) is 64.2 Å². The van der Waals surface area contributed by atoms with Gasteiger partial charge in [0.2, 0.25) is 5.91 Å². The van der Waals surface area contributed by atoms with Crippen LogP contribution in [0.15, 0.2) is 60.8 Å². The Balaban J connectivity index is 2.02. The highest BCUT2D eigenvalue weighted by molar-refractivity contribution is 5.76. The van der Waals surface area contributed by atoms with E-state index in [1.807, 2.05) is 6.08 Å². The van der Waals surface area contributed by atoms with E-state index >= 15 is 0 Å². The number of rotatable bonds is 77. The van der Waals surface area contributed by atoms with Crippen molar-refractivity contribution < 1.29 is 39.8 Å². The van der Waals surface area contributed by atoms with Gasteiger partial charge in [0.05, 0.1) is 25.4 Å². The first-order valence-electron chi connectivity index (χ1n) is 43.0. The summed E-state index contributed by atoms with van der Waals surface area (Å²) >= 11 is 0. The molecular formula is C88H165NO8. The maximum absolute atomic E-state index is 13.2. The highest BCUT2D eigenvalue weighted by Gasteiger charge is 2.44. The number of hydrogen-bond donors (Lipinski definition) is 6. The van der Waals surface area contributed by atoms with Crippen LogP contribution in [-0.2, 0) is 14.3 Å². The highest BCUT2D eigenvalue weighted by atomic mass is 16.7. The van der Waals surface area contributed by atoms with Crippen molar-refractivity contribution in [2.75, 3.05) is 13.2 Å². The molecule has 1 aliphatic rings. The van der Waals surface area contributed by atoms with Gasteiger partial charge in [-0.25, -0.2) is 0 Å². The highest BCUT2D eigenvalue weighted by Crippen LogP contribution is 2.24. The van der Waals surface area contributed by atoms with Crippen molar-refractivity contribution in [1.82, 2.24) is 5.32 Å². The van der Waals surface area contributed by atoms with Crippen molar-refractivity contribution in [3.05, 3.63) is 60.8 Å². The molecule has 9 nitrogen and oxygen atoms in total. The molecule has 0 saturated carbocycles. The molecule has 0 bridgehead atoms. The van der Waals surface area contributed by atoms with E-state index in [2.05, 4.69) is 67.8 Å². The molecule has 7 atom stereocenters. The van der Waals surface area contributed by atoms with Crippen LogP contribution in [0.5, 0.6) is 0 Å². The second-order valence-electron chi connectivity index (χ2n) is 30.0. The first-order chi connectivity index (χ1) is 47.8. The quantitative estimate of drug-likeness (QED) is 0.0261. The Labute approximate surface area is 602 Å². The van der Waals surface area contributed by atoms with E-state index in [1.54, 1.807) is 6.08 Å². The normalized spacial score (nSPS) is 17.6. The van der Waals surface area contributed by atoms with Gasteiger partial charge in [0.1, 0.15) is 24.4 Å². The lowest BCUT2D eigenvalue weighted by Gasteiger charge is -2.40. The fourth-order valence-corrected chi connectivity index (χ4v) is 14.0. The summed E-state index contributed by atoms with van der Waals surface area (Å²) < 4.78 is 11.4. The molecule has 1 amide bonds. The fourth-order valence-electron chi connectivity index (χ4n) is 14.0. The summed E-state index contributed by atoms with van der Waals surface area (Å²) in [6.07, 6.45) is 101. The van der Waals surface area contributed by atoms with Gasteiger partial charge >= 0.3 is 0 Å². The lowest BCUT2D eigenvalue weighted by Crippen LogP contribution is -2.60. The predicted octanol–water partition coefficient (Wildman–Crippen LogP) is 25.2. The Morgan fingerprint density at radius 2 is 0.639 bits per heavy atom. The standard InChI is InChI=1S/C88H165NO8/c1-3-5-7-9-11-13-15-17-19-21-23-25-27-29-31-33-35-37-38-39-40-41-42-43-44-46-48-50-52-54-56-58-60-62-64-66-68-70-72-74-76-78-84(92)89-81(80-96-88-87(95)86(94)85(93)83(79-90)97-88)82(91)77-75-73-71-69-67-65-63-61-59-57-55-53-51-49-47-45-36-34-32-30-28-26-24-22-20-18-16-14-12-10-8-6-4-2/h5,7,11,13,17,19,23,25,75,77,81-83,85-88,90-91,93-95H,3-4,6,8-10,12,14-16,18,20-22,24,26-74,76,78-80H2,1-2H3,(H,89,92)/b7-5-,13-11-,19-17-,25-23-,77-75+. The number of carbonyl (C=O) groups is 1. The van der Waals surface area contributed by atoms with E-state index in [-0.39, 0.29) is 12.5 Å². The third-order valence-electron chi connectivity index (χ3n) is 20.6. The van der Waals surface area contributed by atoms with Crippen molar-refractivity contribution >= 4 is 5.91 Å². The second-order valence-corrected chi connectivity index (χ2v) is 30.0. The van der Waals surface area contributed by atoms with Gasteiger partial charge in [0, 0.05) is 6.42 Å². The Morgan fingerprint density at radius 1 is 0.361 bits per heavy atom. The molecule has 0 aliphatic carbocycles. The monoisotopic (exact) mass is 1360 g/mol. The largest absolute Gasteiger partial charge is 0.394 e. The number of aliphatic hydroxyl groups is 5. The number of carbonyl (C=O) groups excluding carboxylic acids is 1. The maximum atomic E-state index is 13.2. The SMILES string of the molecule is CC/C=C\C/C=C\C/C=C\C/C=C\CCCCCCCCCCCCCCCCCCCCCCCCCCCCCCC(=O)NC(COC1OC(CO)C(O)C(O)C1O)C(O)/C=C/CCCCCCCCCCCCCCCCCCCCCCCCCCCCCCCCC. The molecule has 0 radical (unpaired) electrons. The molecule has 0 spiro atoms. The molecule has 1 rings (SSSR count). The van der Waals surface area contributed by atoms with Gasteiger partial charge in [-0.2, -0.15) is 0 Å². The van der Waals surface area contributed by atoms with E-state index < -0.39 is 49.5 Å². The Hall–Kier alpha value is -2.11. The van der Waals surface area contributed by atoms with Crippen molar-refractivity contribution in [3.8, 4) is 0 Å². The van der Waals surface area contributed by atoms with Gasteiger partial charge in [0.25, 0.3) is 0 Å². The minimum absolute atomic E-state index is 0.167. The molecule has 9 heteroatoms. The summed E-state index contributed by atoms with van der Waals surface area (Å²) in [6, 6.07) is -0.806. The number of hydrogen-bond acceptors (Lipinski definition) is 8. The smallest absolute Gasteiger partial charge is 0.220 e. The Bertz CT molecular complexity index is 1730. The minimum atomic E-state index is -1.57. The molecule has 1 aliphatic heterocycles. The van der Waals surface area contributed by atoms with Crippen LogP contribution < -0.4 is 5.32 Å². The molecule has 570 valence electrons. The average Bonchev–Trinajstić information content (AvgIpc) is 0.854. The van der Waals surface area contributed by atoms with Crippen LogP contribution in [0, 0.1) is 0 Å². The van der Waals surface area contributed by atoms with Gasteiger partial charge in [-0.1, -0.05) is 434 Å². The number of nitrogens with one attached hydrogen (secondary N) is 1. The van der Waals surface area contributed by atoms with Crippen LogP contribution >= 0.6 is 0 Å². The zero-order valence-corrected chi connectivity index (χ0v) is 64.4. The van der Waals surface area contributed by atoms with Gasteiger partial charge in [-0.15, -0.1) is 0 Å². The van der Waals surface area contributed by atoms with Crippen LogP contribution in [0.2, 0.25) is 0 Å². The summed E-state index contributed by atoms with van der Waals surface area (Å²) in [7, 11) is 0. The van der Waals surface area contributed by atoms with Crippen LogP contribution in [-0.4, -0.2) is 87.5 Å². The van der Waals surface area contributed by atoms with E-state index in [4.69, 9.17) is 9.47 Å². The van der Waals surface area contributed by atoms with Crippen LogP contribution in [0.1, 0.15) is 438 Å². The Kier molecular flexibility index (Phi) is 73.3. The summed E-state index contributed by atoms with van der Waals surface area (Å²) in [5, 5.41) is 55.0. The molecule has 0 aromatic heterocycles. The molecule has 7 unspecified atom stereocenters. The van der Waals surface area contributed by atoms with Crippen molar-refractivity contribution in [2.24, 2.45) is 0 Å². The van der Waals surface area contributed by atoms with Crippen LogP contribution in [0.25, 0.3) is 0 Å². The second kappa shape index (κ2) is 76.5. The fraction of sp³-hybridized carbons (Fsp3) is 0.875. The van der Waals surface area contributed by atoms with Crippen molar-refractivity contribution in [2.45, 2.75) is 480 Å². The zero-order chi connectivity index (χ0) is 69.9. The lowest BCUT2D eigenvalue weighted by molar-refractivity contribution is -0.302. The summed E-state index contributed by atoms with van der Waals surface area (Å²) in [5.74, 6) is -0.167. The summed E-state index contributed by atoms with van der Waals surface area (Å²) in [4.78, 5) is 13.2. The molecular weight excluding hydrogens is 1200 g/mol. The molecule has 6 N–H and O–H groups in total. The molecule has 1 heterocycles. The van der Waals surface area contributed by atoms with Crippen LogP contribution in [0.3, 0.4) is 0 Å². The maximum Gasteiger partial charge on any atom is 0.220 e. The Morgan fingerprint density at radius 3 is 0.948 bits per heavy atom. The number of aliphatic hydroxyl groups excluding tert-OH is 5. The number of ether oxygens (including phenoxy) is 2. The first-order valence-corrected chi connectivity index (χ1v) is 43.0.